The van der Waals surface area contributed by atoms with Gasteiger partial charge in [-0.15, -0.1) is 0 Å². The number of hydrogen-bond acceptors (Lipinski definition) is 5. The van der Waals surface area contributed by atoms with Gasteiger partial charge in [-0.3, -0.25) is 9.67 Å². The van der Waals surface area contributed by atoms with Gasteiger partial charge in [0.25, 0.3) is 0 Å². The highest BCUT2D eigenvalue weighted by Crippen LogP contribution is 2.29. The lowest BCUT2D eigenvalue weighted by atomic mass is 10.1. The first-order valence-electron chi connectivity index (χ1n) is 8.62. The van der Waals surface area contributed by atoms with E-state index in [9.17, 15) is 0 Å². The van der Waals surface area contributed by atoms with E-state index in [-0.39, 0.29) is 0 Å². The zero-order valence-corrected chi connectivity index (χ0v) is 14.7. The minimum Gasteiger partial charge on any atom is -0.340 e. The van der Waals surface area contributed by atoms with Crippen molar-refractivity contribution in [1.29, 1.82) is 0 Å². The van der Waals surface area contributed by atoms with Crippen LogP contribution < -0.4 is 5.32 Å². The molecule has 0 aliphatic rings. The largest absolute Gasteiger partial charge is 0.340 e. The van der Waals surface area contributed by atoms with E-state index in [1.807, 2.05) is 49.8 Å². The molecule has 130 valence electrons. The van der Waals surface area contributed by atoms with E-state index in [0.29, 0.717) is 0 Å². The van der Waals surface area contributed by atoms with Crippen LogP contribution in [0.5, 0.6) is 0 Å². The molecule has 0 unspecified atom stereocenters. The number of nitrogens with zero attached hydrogens (tertiary/aromatic N) is 5. The third-order valence-corrected chi connectivity index (χ3v) is 4.54. The van der Waals surface area contributed by atoms with Crippen molar-refractivity contribution in [3.8, 4) is 11.1 Å². The molecule has 6 heteroatoms. The van der Waals surface area contributed by atoms with Crippen LogP contribution in [0.25, 0.3) is 32.9 Å². The predicted molar refractivity (Wildman–Crippen MR) is 107 cm³/mol. The summed E-state index contributed by atoms with van der Waals surface area (Å²) in [6.45, 7) is 0. The van der Waals surface area contributed by atoms with E-state index in [1.54, 1.807) is 17.2 Å². The lowest BCUT2D eigenvalue weighted by molar-refractivity contribution is 0.768. The number of pyridine rings is 1. The molecular weight excluding hydrogens is 336 g/mol. The van der Waals surface area contributed by atoms with Crippen LogP contribution >= 0.6 is 0 Å². The average Bonchev–Trinajstić information content (AvgIpc) is 3.14. The van der Waals surface area contributed by atoms with Crippen LogP contribution in [0.4, 0.5) is 11.5 Å². The van der Waals surface area contributed by atoms with Crippen LogP contribution in [0.3, 0.4) is 0 Å². The van der Waals surface area contributed by atoms with E-state index < -0.39 is 0 Å². The minimum atomic E-state index is 0.772. The number of benzene rings is 2. The number of fused-ring (bicyclic) bond motifs is 2. The first-order chi connectivity index (χ1) is 13.3. The molecule has 2 aromatic carbocycles. The molecule has 0 amide bonds. The van der Waals surface area contributed by atoms with Crippen LogP contribution in [0, 0.1) is 0 Å². The SMILES string of the molecule is Cn1cc(-c2ccc3ncnc(Nc4ccc5ncccc5c4)c3c2)cn1. The molecule has 5 rings (SSSR count). The molecule has 0 spiro atoms. The molecule has 0 aliphatic heterocycles. The molecule has 0 saturated heterocycles. The zero-order chi connectivity index (χ0) is 18.2. The highest BCUT2D eigenvalue weighted by atomic mass is 15.2. The van der Waals surface area contributed by atoms with Crippen molar-refractivity contribution in [2.75, 3.05) is 5.32 Å². The minimum absolute atomic E-state index is 0.772. The second-order valence-electron chi connectivity index (χ2n) is 6.39. The molecule has 0 saturated carbocycles. The standard InChI is InChI=1S/C21H16N6/c1-27-12-16(11-25-27)14-4-6-20-18(10-14)21(24-13-23-20)26-17-5-7-19-15(9-17)3-2-8-22-19/h2-13H,1H3,(H,23,24,26). The first-order valence-corrected chi connectivity index (χ1v) is 8.62. The molecule has 0 aliphatic carbocycles. The van der Waals surface area contributed by atoms with E-state index in [4.69, 9.17) is 0 Å². The summed E-state index contributed by atoms with van der Waals surface area (Å²) in [5, 5.41) is 9.72. The van der Waals surface area contributed by atoms with E-state index in [1.165, 1.54) is 0 Å². The predicted octanol–water partition coefficient (Wildman–Crippen LogP) is 4.32. The average molecular weight is 352 g/mol. The lowest BCUT2D eigenvalue weighted by Crippen LogP contribution is -1.96. The summed E-state index contributed by atoms with van der Waals surface area (Å²) in [5.41, 5.74) is 4.96. The Balaban J connectivity index is 1.59. The maximum atomic E-state index is 4.46. The molecule has 0 fully saturated rings. The highest BCUT2D eigenvalue weighted by molar-refractivity contribution is 5.94. The van der Waals surface area contributed by atoms with Gasteiger partial charge in [0.1, 0.15) is 12.1 Å². The van der Waals surface area contributed by atoms with Crippen LogP contribution in [0.2, 0.25) is 0 Å². The Morgan fingerprint density at radius 2 is 1.81 bits per heavy atom. The molecule has 3 heterocycles. The van der Waals surface area contributed by atoms with E-state index >= 15 is 0 Å². The number of aryl methyl sites for hydroxylation is 1. The van der Waals surface area contributed by atoms with Crippen molar-refractivity contribution in [3.05, 3.63) is 73.4 Å². The van der Waals surface area contributed by atoms with Gasteiger partial charge in [0, 0.05) is 41.5 Å². The number of hydrogen-bond donors (Lipinski definition) is 1. The molecule has 3 aromatic heterocycles. The molecule has 0 atom stereocenters. The third-order valence-electron chi connectivity index (χ3n) is 4.54. The van der Waals surface area contributed by atoms with Crippen molar-refractivity contribution < 1.29 is 0 Å². The topological polar surface area (TPSA) is 68.5 Å². The molecular formula is C21H16N6. The first kappa shape index (κ1) is 15.5. The molecule has 6 nitrogen and oxygen atoms in total. The Hall–Kier alpha value is -3.80. The van der Waals surface area contributed by atoms with Crippen LogP contribution in [-0.4, -0.2) is 24.7 Å². The fourth-order valence-corrected chi connectivity index (χ4v) is 3.20. The van der Waals surface area contributed by atoms with Gasteiger partial charge in [0.2, 0.25) is 0 Å². The van der Waals surface area contributed by atoms with E-state index in [0.717, 1.165) is 44.4 Å². The van der Waals surface area contributed by atoms with Crippen LogP contribution in [0.15, 0.2) is 73.4 Å². The summed E-state index contributed by atoms with van der Waals surface area (Å²) < 4.78 is 1.79. The molecule has 0 bridgehead atoms. The van der Waals surface area contributed by atoms with Gasteiger partial charge in [0.15, 0.2) is 0 Å². The van der Waals surface area contributed by atoms with Crippen molar-refractivity contribution in [2.24, 2.45) is 7.05 Å². The number of aromatic nitrogens is 5. The molecule has 0 radical (unpaired) electrons. The Bertz CT molecular complexity index is 1270. The summed E-state index contributed by atoms with van der Waals surface area (Å²) in [7, 11) is 1.91. The van der Waals surface area contributed by atoms with Gasteiger partial charge in [-0.25, -0.2) is 9.97 Å². The smallest absolute Gasteiger partial charge is 0.141 e. The summed E-state index contributed by atoms with van der Waals surface area (Å²) in [4.78, 5) is 13.2. The summed E-state index contributed by atoms with van der Waals surface area (Å²) in [6.07, 6.45) is 7.23. The summed E-state index contributed by atoms with van der Waals surface area (Å²) in [5.74, 6) is 0.772. The Morgan fingerprint density at radius 3 is 2.70 bits per heavy atom. The number of anilines is 2. The van der Waals surface area contributed by atoms with Crippen molar-refractivity contribution in [1.82, 2.24) is 24.7 Å². The van der Waals surface area contributed by atoms with Gasteiger partial charge in [-0.1, -0.05) is 12.1 Å². The van der Waals surface area contributed by atoms with Gasteiger partial charge < -0.3 is 5.32 Å². The number of rotatable bonds is 3. The van der Waals surface area contributed by atoms with Gasteiger partial charge in [0.05, 0.1) is 17.2 Å². The Kier molecular flexibility index (Phi) is 3.53. The highest BCUT2D eigenvalue weighted by Gasteiger charge is 2.08. The van der Waals surface area contributed by atoms with Crippen molar-refractivity contribution in [2.45, 2.75) is 0 Å². The summed E-state index contributed by atoms with van der Waals surface area (Å²) >= 11 is 0. The van der Waals surface area contributed by atoms with Gasteiger partial charge in [-0.2, -0.15) is 5.10 Å². The number of nitrogens with one attached hydrogen (secondary N) is 1. The molecule has 5 aromatic rings. The van der Waals surface area contributed by atoms with Crippen LogP contribution in [-0.2, 0) is 7.05 Å². The monoisotopic (exact) mass is 352 g/mol. The maximum Gasteiger partial charge on any atom is 0.141 e. The fraction of sp³-hybridized carbons (Fsp3) is 0.0476. The maximum absolute atomic E-state index is 4.46. The van der Waals surface area contributed by atoms with Crippen molar-refractivity contribution in [3.63, 3.8) is 0 Å². The van der Waals surface area contributed by atoms with Crippen molar-refractivity contribution >= 4 is 33.3 Å². The van der Waals surface area contributed by atoms with Crippen LogP contribution in [0.1, 0.15) is 0 Å². The second-order valence-corrected chi connectivity index (χ2v) is 6.39. The Labute approximate surface area is 155 Å². The third kappa shape index (κ3) is 2.87. The lowest BCUT2D eigenvalue weighted by Gasteiger charge is -2.10. The second kappa shape index (κ2) is 6.17. The van der Waals surface area contributed by atoms with Gasteiger partial charge in [-0.05, 0) is 42.0 Å². The van der Waals surface area contributed by atoms with Gasteiger partial charge >= 0.3 is 0 Å². The summed E-state index contributed by atoms with van der Waals surface area (Å²) in [6, 6.07) is 16.2. The fourth-order valence-electron chi connectivity index (χ4n) is 3.20. The molecule has 1 N–H and O–H groups in total. The quantitative estimate of drug-likeness (QED) is 0.524. The van der Waals surface area contributed by atoms with E-state index in [2.05, 4.69) is 43.6 Å². The molecule has 27 heavy (non-hydrogen) atoms. The zero-order valence-electron chi connectivity index (χ0n) is 14.7. The Morgan fingerprint density at radius 1 is 0.889 bits per heavy atom. The normalized spacial score (nSPS) is 11.1.